The van der Waals surface area contributed by atoms with Gasteiger partial charge in [0.2, 0.25) is 0 Å². The fourth-order valence-electron chi connectivity index (χ4n) is 2.86. The van der Waals surface area contributed by atoms with Crippen LogP contribution in [0.1, 0.15) is 13.3 Å². The largest absolute Gasteiger partial charge is 0.465 e. The third-order valence-corrected chi connectivity index (χ3v) is 5.45. The maximum Gasteiger partial charge on any atom is 0.332 e. The number of thioether (sulfide) groups is 1. The number of aryl methyl sites for hydroxylation is 2. The molecule has 0 unspecified atom stereocenters. The molecule has 0 aliphatic heterocycles. The fourth-order valence-corrected chi connectivity index (χ4v) is 3.74. The van der Waals surface area contributed by atoms with Crippen LogP contribution in [-0.2, 0) is 30.2 Å². The monoisotopic (exact) mass is 402 g/mol. The number of esters is 1. The van der Waals surface area contributed by atoms with E-state index in [9.17, 15) is 14.4 Å². The SMILES string of the molecule is C[C@@H](Sc1ccccc1)C(=O)OCCCn1c(=O)c2c(ncn2C)n(C)c1=O. The Hall–Kier alpha value is -2.81. The predicted octanol–water partition coefficient (Wildman–Crippen LogP) is 1.55. The summed E-state index contributed by atoms with van der Waals surface area (Å²) in [7, 11) is 3.29. The van der Waals surface area contributed by atoms with Crippen molar-refractivity contribution < 1.29 is 9.53 Å². The summed E-state index contributed by atoms with van der Waals surface area (Å²) >= 11 is 1.42. The lowest BCUT2D eigenvalue weighted by Gasteiger charge is -2.12. The van der Waals surface area contributed by atoms with Crippen LogP contribution in [-0.4, -0.2) is 36.5 Å². The molecular formula is C19H22N4O4S. The predicted molar refractivity (Wildman–Crippen MR) is 108 cm³/mol. The zero-order chi connectivity index (χ0) is 20.3. The van der Waals surface area contributed by atoms with Crippen LogP contribution in [0.4, 0.5) is 0 Å². The average molecular weight is 402 g/mol. The van der Waals surface area contributed by atoms with Crippen molar-refractivity contribution in [3.63, 3.8) is 0 Å². The molecular weight excluding hydrogens is 380 g/mol. The number of carbonyl (C=O) groups excluding carboxylic acids is 1. The molecule has 0 aliphatic rings. The van der Waals surface area contributed by atoms with Crippen molar-refractivity contribution in [3.8, 4) is 0 Å². The topological polar surface area (TPSA) is 88.1 Å². The summed E-state index contributed by atoms with van der Waals surface area (Å²) in [5.41, 5.74) is -0.105. The van der Waals surface area contributed by atoms with Crippen molar-refractivity contribution >= 4 is 28.9 Å². The number of hydrogen-bond acceptors (Lipinski definition) is 6. The summed E-state index contributed by atoms with van der Waals surface area (Å²) in [4.78, 5) is 42.2. The summed E-state index contributed by atoms with van der Waals surface area (Å²) in [5.74, 6) is -0.323. The zero-order valence-corrected chi connectivity index (χ0v) is 16.8. The summed E-state index contributed by atoms with van der Waals surface area (Å²) < 4.78 is 9.40. The summed E-state index contributed by atoms with van der Waals surface area (Å²) in [6.45, 7) is 2.09. The first kappa shape index (κ1) is 19.9. The smallest absolute Gasteiger partial charge is 0.332 e. The molecule has 0 saturated carbocycles. The Bertz CT molecular complexity index is 1100. The highest BCUT2D eigenvalue weighted by atomic mass is 32.2. The minimum atomic E-state index is -0.435. The molecule has 3 aromatic rings. The zero-order valence-electron chi connectivity index (χ0n) is 16.0. The Morgan fingerprint density at radius 2 is 1.93 bits per heavy atom. The number of rotatable bonds is 7. The number of aromatic nitrogens is 4. The third-order valence-electron chi connectivity index (χ3n) is 4.36. The number of benzene rings is 1. The molecule has 0 fully saturated rings. The Labute approximate surface area is 165 Å². The van der Waals surface area contributed by atoms with E-state index in [2.05, 4.69) is 4.98 Å². The van der Waals surface area contributed by atoms with Gasteiger partial charge in [-0.2, -0.15) is 0 Å². The molecule has 2 heterocycles. The van der Waals surface area contributed by atoms with Crippen molar-refractivity contribution in [1.29, 1.82) is 0 Å². The van der Waals surface area contributed by atoms with Crippen molar-refractivity contribution in [3.05, 3.63) is 57.5 Å². The van der Waals surface area contributed by atoms with Crippen LogP contribution >= 0.6 is 11.8 Å². The van der Waals surface area contributed by atoms with Crippen molar-refractivity contribution in [2.45, 2.75) is 30.0 Å². The van der Waals surface area contributed by atoms with E-state index in [-0.39, 0.29) is 24.4 Å². The molecule has 3 rings (SSSR count). The average Bonchev–Trinajstić information content (AvgIpc) is 3.08. The molecule has 0 N–H and O–H groups in total. The number of nitrogens with zero attached hydrogens (tertiary/aromatic N) is 4. The normalized spacial score (nSPS) is 12.2. The van der Waals surface area contributed by atoms with Gasteiger partial charge in [-0.25, -0.2) is 9.78 Å². The van der Waals surface area contributed by atoms with Gasteiger partial charge in [-0.3, -0.25) is 18.7 Å². The molecule has 1 atom stereocenters. The molecule has 0 saturated heterocycles. The molecule has 28 heavy (non-hydrogen) atoms. The van der Waals surface area contributed by atoms with Gasteiger partial charge in [0.05, 0.1) is 12.9 Å². The van der Waals surface area contributed by atoms with Gasteiger partial charge in [0.25, 0.3) is 5.56 Å². The molecule has 0 amide bonds. The molecule has 0 radical (unpaired) electrons. The molecule has 0 bridgehead atoms. The first-order valence-corrected chi connectivity index (χ1v) is 9.77. The number of hydrogen-bond donors (Lipinski definition) is 0. The molecule has 9 heteroatoms. The van der Waals surface area contributed by atoms with Crippen LogP contribution in [0.15, 0.2) is 51.1 Å². The molecule has 8 nitrogen and oxygen atoms in total. The van der Waals surface area contributed by atoms with Crippen LogP contribution in [0.25, 0.3) is 11.2 Å². The van der Waals surface area contributed by atoms with E-state index in [1.807, 2.05) is 30.3 Å². The Morgan fingerprint density at radius 3 is 2.64 bits per heavy atom. The molecule has 2 aromatic heterocycles. The minimum Gasteiger partial charge on any atom is -0.465 e. The van der Waals surface area contributed by atoms with E-state index in [4.69, 9.17) is 4.74 Å². The van der Waals surface area contributed by atoms with Gasteiger partial charge >= 0.3 is 11.7 Å². The van der Waals surface area contributed by atoms with Crippen molar-refractivity contribution in [2.75, 3.05) is 6.61 Å². The fraction of sp³-hybridized carbons (Fsp3) is 0.368. The van der Waals surface area contributed by atoms with E-state index >= 15 is 0 Å². The standard InChI is InChI=1S/C19H22N4O4S/c1-13(28-14-8-5-4-6-9-14)18(25)27-11-7-10-23-17(24)15-16(20-12-21(15)2)22(3)19(23)26/h4-6,8-9,12-13H,7,10-11H2,1-3H3/t13-/m1/s1. The maximum atomic E-state index is 12.6. The lowest BCUT2D eigenvalue weighted by molar-refractivity contribution is -0.142. The van der Waals surface area contributed by atoms with Gasteiger partial charge in [-0.05, 0) is 25.5 Å². The Balaban J connectivity index is 1.60. The quantitative estimate of drug-likeness (QED) is 0.338. The van der Waals surface area contributed by atoms with Crippen LogP contribution in [0.5, 0.6) is 0 Å². The van der Waals surface area contributed by atoms with Crippen LogP contribution in [0.3, 0.4) is 0 Å². The molecule has 148 valence electrons. The first-order valence-electron chi connectivity index (χ1n) is 8.89. The first-order chi connectivity index (χ1) is 13.4. The number of fused-ring (bicyclic) bond motifs is 1. The highest BCUT2D eigenvalue weighted by molar-refractivity contribution is 8.00. The minimum absolute atomic E-state index is 0.136. The second kappa shape index (κ2) is 8.47. The number of imidazole rings is 1. The van der Waals surface area contributed by atoms with Gasteiger partial charge < -0.3 is 9.30 Å². The lowest BCUT2D eigenvalue weighted by Crippen LogP contribution is -2.39. The molecule has 1 aromatic carbocycles. The van der Waals surface area contributed by atoms with E-state index in [0.29, 0.717) is 17.6 Å². The van der Waals surface area contributed by atoms with Crippen LogP contribution in [0.2, 0.25) is 0 Å². The van der Waals surface area contributed by atoms with Gasteiger partial charge in [-0.1, -0.05) is 18.2 Å². The summed E-state index contributed by atoms with van der Waals surface area (Å²) in [6.07, 6.45) is 1.87. The number of ether oxygens (including phenoxy) is 1. The molecule has 0 aliphatic carbocycles. The summed E-state index contributed by atoms with van der Waals surface area (Å²) in [5, 5.41) is -0.344. The van der Waals surface area contributed by atoms with E-state index in [1.165, 1.54) is 22.7 Å². The number of carbonyl (C=O) groups is 1. The van der Waals surface area contributed by atoms with Crippen LogP contribution in [0, 0.1) is 0 Å². The maximum absolute atomic E-state index is 12.6. The highest BCUT2D eigenvalue weighted by Crippen LogP contribution is 2.23. The Kier molecular flexibility index (Phi) is 6.03. The van der Waals surface area contributed by atoms with Crippen molar-refractivity contribution in [2.24, 2.45) is 14.1 Å². The Morgan fingerprint density at radius 1 is 1.21 bits per heavy atom. The van der Waals surface area contributed by atoms with Crippen molar-refractivity contribution in [1.82, 2.24) is 18.7 Å². The third kappa shape index (κ3) is 4.04. The summed E-state index contributed by atoms with van der Waals surface area (Å²) in [6, 6.07) is 9.62. The molecule has 0 spiro atoms. The van der Waals surface area contributed by atoms with Gasteiger partial charge in [-0.15, -0.1) is 11.8 Å². The lowest BCUT2D eigenvalue weighted by atomic mass is 10.4. The van der Waals surface area contributed by atoms with Gasteiger partial charge in [0, 0.05) is 25.5 Å². The van der Waals surface area contributed by atoms with Gasteiger partial charge in [0.1, 0.15) is 5.25 Å². The second-order valence-corrected chi connectivity index (χ2v) is 7.83. The van der Waals surface area contributed by atoms with E-state index < -0.39 is 11.2 Å². The highest BCUT2D eigenvalue weighted by Gasteiger charge is 2.17. The second-order valence-electron chi connectivity index (χ2n) is 6.42. The van der Waals surface area contributed by atoms with Crippen LogP contribution < -0.4 is 11.2 Å². The van der Waals surface area contributed by atoms with Gasteiger partial charge in [0.15, 0.2) is 11.2 Å². The van der Waals surface area contributed by atoms with E-state index in [0.717, 1.165) is 9.46 Å². The van der Waals surface area contributed by atoms with E-state index in [1.54, 1.807) is 25.6 Å².